The van der Waals surface area contributed by atoms with E-state index in [-0.39, 0.29) is 5.91 Å². The lowest BCUT2D eigenvalue weighted by Gasteiger charge is -2.05. The summed E-state index contributed by atoms with van der Waals surface area (Å²) < 4.78 is 8.71. The number of para-hydroxylation sites is 1. The molecule has 0 saturated carbocycles. The number of carbonyl (C=O) groups is 1. The molecule has 0 N–H and O–H groups in total. The van der Waals surface area contributed by atoms with Gasteiger partial charge in [0, 0.05) is 19.6 Å². The molecule has 1 aromatic heterocycles. The van der Waals surface area contributed by atoms with Gasteiger partial charge in [-0.25, -0.2) is 0 Å². The normalized spacial score (nSPS) is 12.0. The minimum atomic E-state index is -0.0577. The minimum Gasteiger partial charge on any atom is -0.380 e. The standard InChI is InChI=1S/C21H24N2O2S/c1-2-25-16-15-23-18-12-6-7-13-19(18)26-21(23)22-20(24)14-8-11-17-9-4-3-5-10-17/h3-7,9-10,12-13H,2,8,11,14-16H2,1H3. The Morgan fingerprint density at radius 1 is 1.12 bits per heavy atom. The first kappa shape index (κ1) is 18.5. The highest BCUT2D eigenvalue weighted by Crippen LogP contribution is 2.16. The number of carbonyl (C=O) groups excluding carboxylic acids is 1. The lowest BCUT2D eigenvalue weighted by Crippen LogP contribution is -2.19. The first-order valence-electron chi connectivity index (χ1n) is 9.05. The van der Waals surface area contributed by atoms with E-state index in [2.05, 4.69) is 33.8 Å². The smallest absolute Gasteiger partial charge is 0.248 e. The van der Waals surface area contributed by atoms with Gasteiger partial charge in [-0.1, -0.05) is 53.8 Å². The van der Waals surface area contributed by atoms with E-state index in [1.54, 1.807) is 11.3 Å². The van der Waals surface area contributed by atoms with Crippen LogP contribution in [0.4, 0.5) is 0 Å². The first-order valence-corrected chi connectivity index (χ1v) is 9.87. The van der Waals surface area contributed by atoms with Crippen molar-refractivity contribution in [1.82, 2.24) is 4.57 Å². The van der Waals surface area contributed by atoms with Crippen LogP contribution in [-0.4, -0.2) is 23.7 Å². The van der Waals surface area contributed by atoms with Gasteiger partial charge in [-0.3, -0.25) is 4.79 Å². The van der Waals surface area contributed by atoms with E-state index < -0.39 is 0 Å². The van der Waals surface area contributed by atoms with Crippen LogP contribution in [0.1, 0.15) is 25.3 Å². The zero-order valence-corrected chi connectivity index (χ0v) is 15.9. The zero-order valence-electron chi connectivity index (χ0n) is 15.1. The lowest BCUT2D eigenvalue weighted by molar-refractivity contribution is -0.118. The van der Waals surface area contributed by atoms with E-state index in [0.29, 0.717) is 26.2 Å². The number of hydrogen-bond acceptors (Lipinski definition) is 3. The van der Waals surface area contributed by atoms with Crippen LogP contribution in [0.15, 0.2) is 59.6 Å². The van der Waals surface area contributed by atoms with Gasteiger partial charge in [0.1, 0.15) is 0 Å². The minimum absolute atomic E-state index is 0.0577. The summed E-state index contributed by atoms with van der Waals surface area (Å²) >= 11 is 1.56. The number of rotatable bonds is 8. The number of ether oxygens (including phenoxy) is 1. The number of fused-ring (bicyclic) bond motifs is 1. The lowest BCUT2D eigenvalue weighted by atomic mass is 10.1. The summed E-state index contributed by atoms with van der Waals surface area (Å²) in [5.41, 5.74) is 2.36. The van der Waals surface area contributed by atoms with Crippen molar-refractivity contribution in [2.45, 2.75) is 32.7 Å². The monoisotopic (exact) mass is 368 g/mol. The largest absolute Gasteiger partial charge is 0.380 e. The average molecular weight is 369 g/mol. The number of aryl methyl sites for hydroxylation is 1. The maximum atomic E-state index is 12.4. The summed E-state index contributed by atoms with van der Waals surface area (Å²) in [5, 5.41) is 0. The molecule has 0 atom stereocenters. The molecule has 0 aliphatic rings. The summed E-state index contributed by atoms with van der Waals surface area (Å²) in [6.45, 7) is 3.99. The van der Waals surface area contributed by atoms with Crippen LogP contribution in [0.3, 0.4) is 0 Å². The van der Waals surface area contributed by atoms with E-state index in [0.717, 1.165) is 27.9 Å². The molecule has 0 aliphatic carbocycles. The van der Waals surface area contributed by atoms with Gasteiger partial charge >= 0.3 is 0 Å². The van der Waals surface area contributed by atoms with Crippen LogP contribution in [0.25, 0.3) is 10.2 Å². The third-order valence-electron chi connectivity index (χ3n) is 4.17. The molecule has 136 valence electrons. The van der Waals surface area contributed by atoms with Gasteiger partial charge in [-0.2, -0.15) is 4.99 Å². The van der Waals surface area contributed by atoms with E-state index in [4.69, 9.17) is 4.74 Å². The Morgan fingerprint density at radius 3 is 2.69 bits per heavy atom. The van der Waals surface area contributed by atoms with Crippen molar-refractivity contribution in [3.8, 4) is 0 Å². The molecule has 0 fully saturated rings. The summed E-state index contributed by atoms with van der Waals surface area (Å²) in [6.07, 6.45) is 2.18. The fraction of sp³-hybridized carbons (Fsp3) is 0.333. The Bertz CT molecular complexity index is 912. The van der Waals surface area contributed by atoms with Crippen LogP contribution in [0.2, 0.25) is 0 Å². The predicted molar refractivity (Wildman–Crippen MR) is 106 cm³/mol. The number of amides is 1. The first-order chi connectivity index (χ1) is 12.8. The Morgan fingerprint density at radius 2 is 1.88 bits per heavy atom. The second-order valence-corrected chi connectivity index (χ2v) is 7.05. The average Bonchev–Trinajstić information content (AvgIpc) is 3.00. The Hall–Kier alpha value is -2.24. The van der Waals surface area contributed by atoms with Gasteiger partial charge in [-0.05, 0) is 37.5 Å². The van der Waals surface area contributed by atoms with E-state index in [1.807, 2.05) is 37.3 Å². The molecular formula is C21H24N2O2S. The third kappa shape index (κ3) is 4.90. The van der Waals surface area contributed by atoms with Crippen molar-refractivity contribution >= 4 is 27.5 Å². The second kappa shape index (κ2) is 9.46. The van der Waals surface area contributed by atoms with Crippen LogP contribution in [0.5, 0.6) is 0 Å². The number of benzene rings is 2. The molecule has 1 heterocycles. The molecule has 0 aliphatic heterocycles. The molecule has 5 heteroatoms. The fourth-order valence-electron chi connectivity index (χ4n) is 2.87. The second-order valence-electron chi connectivity index (χ2n) is 6.05. The maximum absolute atomic E-state index is 12.4. The van der Waals surface area contributed by atoms with Crippen molar-refractivity contribution in [1.29, 1.82) is 0 Å². The van der Waals surface area contributed by atoms with Gasteiger partial charge in [0.15, 0.2) is 4.80 Å². The Labute approximate surface area is 157 Å². The Kier molecular flexibility index (Phi) is 6.75. The van der Waals surface area contributed by atoms with E-state index in [1.165, 1.54) is 5.56 Å². The van der Waals surface area contributed by atoms with Crippen molar-refractivity contribution in [2.75, 3.05) is 13.2 Å². The number of hydrogen-bond donors (Lipinski definition) is 0. The Balaban J connectivity index is 1.72. The molecule has 0 spiro atoms. The van der Waals surface area contributed by atoms with Crippen LogP contribution >= 0.6 is 11.3 Å². The molecular weight excluding hydrogens is 344 g/mol. The highest BCUT2D eigenvalue weighted by atomic mass is 32.1. The van der Waals surface area contributed by atoms with E-state index >= 15 is 0 Å². The quantitative estimate of drug-likeness (QED) is 0.560. The highest BCUT2D eigenvalue weighted by Gasteiger charge is 2.07. The molecule has 26 heavy (non-hydrogen) atoms. The van der Waals surface area contributed by atoms with Crippen molar-refractivity contribution in [3.05, 3.63) is 65.0 Å². The summed E-state index contributed by atoms with van der Waals surface area (Å²) in [5.74, 6) is -0.0577. The van der Waals surface area contributed by atoms with E-state index in [9.17, 15) is 4.79 Å². The molecule has 0 unspecified atom stereocenters. The SMILES string of the molecule is CCOCCn1c(=NC(=O)CCCc2ccccc2)sc2ccccc21. The highest BCUT2D eigenvalue weighted by molar-refractivity contribution is 7.16. The van der Waals surface area contributed by atoms with Gasteiger partial charge in [0.25, 0.3) is 0 Å². The predicted octanol–water partition coefficient (Wildman–Crippen LogP) is 4.19. The molecule has 3 aromatic rings. The van der Waals surface area contributed by atoms with Crippen LogP contribution < -0.4 is 4.80 Å². The van der Waals surface area contributed by atoms with Crippen LogP contribution in [0, 0.1) is 0 Å². The van der Waals surface area contributed by atoms with Gasteiger partial charge in [0.05, 0.1) is 16.8 Å². The van der Waals surface area contributed by atoms with Gasteiger partial charge in [-0.15, -0.1) is 0 Å². The van der Waals surface area contributed by atoms with Crippen molar-refractivity contribution in [2.24, 2.45) is 4.99 Å². The van der Waals surface area contributed by atoms with Crippen molar-refractivity contribution < 1.29 is 9.53 Å². The van der Waals surface area contributed by atoms with Crippen LogP contribution in [-0.2, 0) is 22.5 Å². The molecule has 2 aromatic carbocycles. The van der Waals surface area contributed by atoms with Gasteiger partial charge < -0.3 is 9.30 Å². The number of thiazole rings is 1. The molecule has 1 amide bonds. The summed E-state index contributed by atoms with van der Waals surface area (Å²) in [7, 11) is 0. The molecule has 0 bridgehead atoms. The number of nitrogens with zero attached hydrogens (tertiary/aromatic N) is 2. The zero-order chi connectivity index (χ0) is 18.2. The maximum Gasteiger partial charge on any atom is 0.248 e. The third-order valence-corrected chi connectivity index (χ3v) is 5.23. The molecule has 3 rings (SSSR count). The number of aromatic nitrogens is 1. The topological polar surface area (TPSA) is 43.6 Å². The van der Waals surface area contributed by atoms with Gasteiger partial charge in [0.2, 0.25) is 5.91 Å². The fourth-order valence-corrected chi connectivity index (χ4v) is 3.95. The molecule has 0 saturated heterocycles. The summed E-state index contributed by atoms with van der Waals surface area (Å²) in [4.78, 5) is 17.5. The molecule has 4 nitrogen and oxygen atoms in total. The van der Waals surface area contributed by atoms with Crippen molar-refractivity contribution in [3.63, 3.8) is 0 Å². The summed E-state index contributed by atoms with van der Waals surface area (Å²) in [6, 6.07) is 18.4. The molecule has 0 radical (unpaired) electrons.